The maximum atomic E-state index is 11.6. The molecular weight excluding hydrogens is 246 g/mol. The van der Waals surface area contributed by atoms with Gasteiger partial charge >= 0.3 is 6.09 Å². The van der Waals surface area contributed by atoms with Crippen LogP contribution in [0.25, 0.3) is 0 Å². The Morgan fingerprint density at radius 1 is 1.16 bits per heavy atom. The summed E-state index contributed by atoms with van der Waals surface area (Å²) in [5.74, 6) is 0.174. The number of nitrogens with one attached hydrogen (secondary N) is 1. The summed E-state index contributed by atoms with van der Waals surface area (Å²) in [6, 6.07) is 9.30. The van der Waals surface area contributed by atoms with E-state index in [1.54, 1.807) is 0 Å². The molecule has 0 aliphatic rings. The van der Waals surface area contributed by atoms with Crippen LogP contribution in [-0.4, -0.2) is 16.1 Å². The Labute approximate surface area is 109 Å². The minimum Gasteiger partial charge on any atom is -0.444 e. The number of nitrogen functional groups attached to an aromatic ring is 2. The molecule has 5 N–H and O–H groups in total. The number of amides is 1. The van der Waals surface area contributed by atoms with Gasteiger partial charge in [0.15, 0.2) is 11.6 Å². The quantitative estimate of drug-likeness (QED) is 0.767. The van der Waals surface area contributed by atoms with Gasteiger partial charge in [-0.25, -0.2) is 14.8 Å². The predicted molar refractivity (Wildman–Crippen MR) is 71.1 cm³/mol. The van der Waals surface area contributed by atoms with Gasteiger partial charge in [-0.3, -0.25) is 5.32 Å². The van der Waals surface area contributed by atoms with Crippen LogP contribution in [0.4, 0.5) is 22.1 Å². The van der Waals surface area contributed by atoms with E-state index in [2.05, 4.69) is 15.3 Å². The Morgan fingerprint density at radius 3 is 2.42 bits per heavy atom. The van der Waals surface area contributed by atoms with Crippen molar-refractivity contribution in [2.75, 3.05) is 16.8 Å². The third-order valence-electron chi connectivity index (χ3n) is 2.35. The molecule has 0 radical (unpaired) electrons. The fourth-order valence-corrected chi connectivity index (χ4v) is 1.40. The second kappa shape index (κ2) is 5.67. The van der Waals surface area contributed by atoms with Crippen LogP contribution in [0.1, 0.15) is 5.56 Å². The normalized spacial score (nSPS) is 9.89. The van der Waals surface area contributed by atoms with Crippen LogP contribution in [0.15, 0.2) is 36.7 Å². The average molecular weight is 259 g/mol. The number of benzene rings is 1. The Morgan fingerprint density at radius 2 is 1.79 bits per heavy atom. The molecule has 0 aliphatic carbocycles. The fraction of sp³-hybridized carbons (Fsp3) is 0.0833. The fourth-order valence-electron chi connectivity index (χ4n) is 1.40. The molecule has 7 nitrogen and oxygen atoms in total. The van der Waals surface area contributed by atoms with E-state index < -0.39 is 6.09 Å². The van der Waals surface area contributed by atoms with Gasteiger partial charge in [0.25, 0.3) is 0 Å². The van der Waals surface area contributed by atoms with Crippen molar-refractivity contribution < 1.29 is 9.53 Å². The number of ether oxygens (including phenoxy) is 1. The van der Waals surface area contributed by atoms with E-state index in [9.17, 15) is 4.79 Å². The highest BCUT2D eigenvalue weighted by molar-refractivity contribution is 5.91. The third-order valence-corrected chi connectivity index (χ3v) is 2.35. The van der Waals surface area contributed by atoms with Crippen molar-refractivity contribution in [1.29, 1.82) is 0 Å². The number of nitrogens with zero attached hydrogens (tertiary/aromatic N) is 2. The van der Waals surface area contributed by atoms with E-state index >= 15 is 0 Å². The lowest BCUT2D eigenvalue weighted by molar-refractivity contribution is 0.155. The number of hydrogen-bond acceptors (Lipinski definition) is 6. The summed E-state index contributed by atoms with van der Waals surface area (Å²) in [4.78, 5) is 19.0. The van der Waals surface area contributed by atoms with Crippen LogP contribution in [0.2, 0.25) is 0 Å². The lowest BCUT2D eigenvalue weighted by Gasteiger charge is -2.09. The molecule has 0 spiro atoms. The largest absolute Gasteiger partial charge is 0.444 e. The van der Waals surface area contributed by atoms with Gasteiger partial charge in [-0.1, -0.05) is 30.3 Å². The summed E-state index contributed by atoms with van der Waals surface area (Å²) in [5, 5.41) is 2.41. The lowest BCUT2D eigenvalue weighted by atomic mass is 10.2. The molecule has 1 aromatic carbocycles. The van der Waals surface area contributed by atoms with E-state index in [-0.39, 0.29) is 23.9 Å². The highest BCUT2D eigenvalue weighted by atomic mass is 16.5. The molecule has 0 bridgehead atoms. The molecule has 1 amide bonds. The van der Waals surface area contributed by atoms with Crippen molar-refractivity contribution in [2.45, 2.75) is 6.61 Å². The number of anilines is 3. The predicted octanol–water partition coefficient (Wildman–Crippen LogP) is 1.39. The van der Waals surface area contributed by atoms with Crippen LogP contribution in [0, 0.1) is 0 Å². The van der Waals surface area contributed by atoms with Gasteiger partial charge in [-0.05, 0) is 5.56 Å². The monoisotopic (exact) mass is 259 g/mol. The average Bonchev–Trinajstić information content (AvgIpc) is 2.42. The van der Waals surface area contributed by atoms with E-state index in [4.69, 9.17) is 16.2 Å². The number of carbonyl (C=O) groups is 1. The standard InChI is InChI=1S/C12H13N5O2/c13-10-9(11(14)16-7-15-10)17-12(18)19-6-8-4-2-1-3-5-8/h1-5,7H,6H2,(H,17,18)(H4,13,14,15,16). The molecule has 2 aromatic rings. The molecule has 1 aromatic heterocycles. The highest BCUT2D eigenvalue weighted by Gasteiger charge is 2.11. The van der Waals surface area contributed by atoms with Crippen molar-refractivity contribution in [2.24, 2.45) is 0 Å². The first kappa shape index (κ1) is 12.6. The van der Waals surface area contributed by atoms with Crippen molar-refractivity contribution in [3.8, 4) is 0 Å². The Bertz CT molecular complexity index is 553. The zero-order chi connectivity index (χ0) is 13.7. The molecular formula is C12H13N5O2. The summed E-state index contributed by atoms with van der Waals surface area (Å²) in [7, 11) is 0. The van der Waals surface area contributed by atoms with Crippen LogP contribution >= 0.6 is 0 Å². The Hall–Kier alpha value is -2.83. The Balaban J connectivity index is 1.95. The van der Waals surface area contributed by atoms with E-state index in [0.29, 0.717) is 0 Å². The van der Waals surface area contributed by atoms with Crippen LogP contribution in [0.5, 0.6) is 0 Å². The topological polar surface area (TPSA) is 116 Å². The molecule has 19 heavy (non-hydrogen) atoms. The molecule has 0 unspecified atom stereocenters. The molecule has 0 saturated carbocycles. The van der Waals surface area contributed by atoms with E-state index in [1.807, 2.05) is 30.3 Å². The van der Waals surface area contributed by atoms with Gasteiger partial charge in [0.2, 0.25) is 0 Å². The molecule has 98 valence electrons. The SMILES string of the molecule is Nc1ncnc(N)c1NC(=O)OCc1ccccc1. The van der Waals surface area contributed by atoms with Crippen LogP contribution < -0.4 is 16.8 Å². The van der Waals surface area contributed by atoms with Gasteiger partial charge in [-0.2, -0.15) is 0 Å². The van der Waals surface area contributed by atoms with Gasteiger partial charge in [0, 0.05) is 0 Å². The van der Waals surface area contributed by atoms with Crippen molar-refractivity contribution in [1.82, 2.24) is 9.97 Å². The summed E-state index contributed by atoms with van der Waals surface area (Å²) in [5.41, 5.74) is 12.2. The molecule has 0 atom stereocenters. The number of carbonyl (C=O) groups excluding carboxylic acids is 1. The van der Waals surface area contributed by atoms with Crippen molar-refractivity contribution >= 4 is 23.4 Å². The molecule has 0 aliphatic heterocycles. The number of nitrogens with two attached hydrogens (primary N) is 2. The van der Waals surface area contributed by atoms with E-state index in [0.717, 1.165) is 5.56 Å². The maximum absolute atomic E-state index is 11.6. The second-order valence-corrected chi connectivity index (χ2v) is 3.71. The van der Waals surface area contributed by atoms with Crippen molar-refractivity contribution in [3.63, 3.8) is 0 Å². The molecule has 7 heteroatoms. The minimum absolute atomic E-state index is 0.0872. The minimum atomic E-state index is -0.669. The third kappa shape index (κ3) is 3.32. The summed E-state index contributed by atoms with van der Waals surface area (Å²) in [6.07, 6.45) is 0.544. The molecule has 0 fully saturated rings. The maximum Gasteiger partial charge on any atom is 0.412 e. The Kier molecular flexibility index (Phi) is 3.77. The summed E-state index contributed by atoms with van der Waals surface area (Å²) >= 11 is 0. The molecule has 0 saturated heterocycles. The van der Waals surface area contributed by atoms with Gasteiger partial charge in [0.1, 0.15) is 18.6 Å². The highest BCUT2D eigenvalue weighted by Crippen LogP contribution is 2.20. The summed E-state index contributed by atoms with van der Waals surface area (Å²) < 4.78 is 5.03. The van der Waals surface area contributed by atoms with Crippen LogP contribution in [0.3, 0.4) is 0 Å². The summed E-state index contributed by atoms with van der Waals surface area (Å²) in [6.45, 7) is 0.153. The molecule has 2 rings (SSSR count). The zero-order valence-electron chi connectivity index (χ0n) is 10.0. The van der Waals surface area contributed by atoms with E-state index in [1.165, 1.54) is 6.33 Å². The van der Waals surface area contributed by atoms with Gasteiger partial charge in [-0.15, -0.1) is 0 Å². The first-order valence-corrected chi connectivity index (χ1v) is 5.50. The number of rotatable bonds is 3. The van der Waals surface area contributed by atoms with Crippen molar-refractivity contribution in [3.05, 3.63) is 42.2 Å². The van der Waals surface area contributed by atoms with Crippen LogP contribution in [-0.2, 0) is 11.3 Å². The van der Waals surface area contributed by atoms with Gasteiger partial charge in [0.05, 0.1) is 0 Å². The van der Waals surface area contributed by atoms with Gasteiger partial charge < -0.3 is 16.2 Å². The number of hydrogen-bond donors (Lipinski definition) is 3. The first-order chi connectivity index (χ1) is 9.16. The first-order valence-electron chi connectivity index (χ1n) is 5.50. The molecule has 1 heterocycles. The zero-order valence-corrected chi connectivity index (χ0v) is 10.0. The second-order valence-electron chi connectivity index (χ2n) is 3.71. The smallest absolute Gasteiger partial charge is 0.412 e. The number of aromatic nitrogens is 2. The lowest BCUT2D eigenvalue weighted by Crippen LogP contribution is -2.17.